The van der Waals surface area contributed by atoms with Crippen molar-refractivity contribution >= 4 is 8.25 Å². The maximum atomic E-state index is 8.74. The van der Waals surface area contributed by atoms with Crippen LogP contribution in [0.1, 0.15) is 76.3 Å². The first-order chi connectivity index (χ1) is 10.6. The molecule has 0 amide bonds. The predicted molar refractivity (Wildman–Crippen MR) is 95.6 cm³/mol. The molecule has 0 saturated carbocycles. The van der Waals surface area contributed by atoms with Gasteiger partial charge < -0.3 is 9.79 Å². The summed E-state index contributed by atoms with van der Waals surface area (Å²) in [6.45, 7) is 4.56. The Kier molecular flexibility index (Phi) is 14.8. The van der Waals surface area contributed by atoms with Gasteiger partial charge in [-0.1, -0.05) is 76.6 Å². The van der Waals surface area contributed by atoms with Gasteiger partial charge in [-0.05, 0) is 36.8 Å². The van der Waals surface area contributed by atoms with Gasteiger partial charge in [-0.2, -0.15) is 0 Å². The minimum atomic E-state index is -3.13. The molecule has 0 spiro atoms. The Morgan fingerprint density at radius 3 is 1.45 bits per heavy atom. The average molecular weight is 328 g/mol. The third-order valence-electron chi connectivity index (χ3n) is 3.72. The topological polar surface area (TPSA) is 57.5 Å². The van der Waals surface area contributed by atoms with E-state index in [0.717, 1.165) is 0 Å². The molecule has 0 aliphatic rings. The summed E-state index contributed by atoms with van der Waals surface area (Å²) in [5, 5.41) is 0. The lowest BCUT2D eigenvalue weighted by Crippen LogP contribution is -1.95. The molecule has 0 unspecified atom stereocenters. The number of rotatable bonds is 10. The second-order valence-corrected chi connectivity index (χ2v) is 6.24. The molecule has 2 N–H and O–H groups in total. The Morgan fingerprint density at radius 1 is 0.773 bits per heavy atom. The molecule has 0 heterocycles. The average Bonchev–Trinajstić information content (AvgIpc) is 2.49. The third kappa shape index (κ3) is 13.1. The van der Waals surface area contributed by atoms with Gasteiger partial charge in [0.1, 0.15) is 0 Å². The van der Waals surface area contributed by atoms with E-state index in [1.54, 1.807) is 11.1 Å². The smallest absolute Gasteiger partial charge is 0.314 e. The standard InChI is InChI=1S/C18H30.H3O3P/c1-3-5-7-9-13-17-15-11-12-16-18(17)14-10-8-6-4-2;1-4(2)3/h11-12,15-16H,3-10,13-14H2,1-2H3;4H,(H2,1,2,3). The van der Waals surface area contributed by atoms with Crippen LogP contribution in [0.5, 0.6) is 0 Å². The molecule has 0 aliphatic carbocycles. The van der Waals surface area contributed by atoms with Crippen molar-refractivity contribution in [3.05, 3.63) is 35.4 Å². The van der Waals surface area contributed by atoms with E-state index in [0.29, 0.717) is 0 Å². The summed E-state index contributed by atoms with van der Waals surface area (Å²) in [5.74, 6) is 0. The summed E-state index contributed by atoms with van der Waals surface area (Å²) in [7, 11) is -3.13. The van der Waals surface area contributed by atoms with Gasteiger partial charge in [-0.3, -0.25) is 4.57 Å². The van der Waals surface area contributed by atoms with Crippen molar-refractivity contribution in [2.75, 3.05) is 0 Å². The molecule has 3 nitrogen and oxygen atoms in total. The van der Waals surface area contributed by atoms with Crippen LogP contribution in [0, 0.1) is 0 Å². The molecule has 0 fully saturated rings. The Bertz CT molecular complexity index is 359. The fourth-order valence-corrected chi connectivity index (χ4v) is 2.53. The van der Waals surface area contributed by atoms with Crippen LogP contribution in [0.2, 0.25) is 0 Å². The molecule has 0 aromatic heterocycles. The van der Waals surface area contributed by atoms with Crippen LogP contribution >= 0.6 is 8.25 Å². The van der Waals surface area contributed by atoms with Crippen molar-refractivity contribution in [2.24, 2.45) is 0 Å². The minimum Gasteiger partial charge on any atom is -0.326 e. The Balaban J connectivity index is 0.000000980. The first kappa shape index (κ1) is 21.4. The molecular weight excluding hydrogens is 295 g/mol. The summed E-state index contributed by atoms with van der Waals surface area (Å²) in [5.41, 5.74) is 3.20. The molecule has 0 radical (unpaired) electrons. The first-order valence-corrected chi connectivity index (χ1v) is 9.90. The van der Waals surface area contributed by atoms with E-state index in [9.17, 15) is 0 Å². The van der Waals surface area contributed by atoms with Crippen molar-refractivity contribution in [3.8, 4) is 0 Å². The minimum absolute atomic E-state index is 1.28. The van der Waals surface area contributed by atoms with Gasteiger partial charge in [-0.25, -0.2) is 0 Å². The summed E-state index contributed by atoms with van der Waals surface area (Å²) in [6.07, 6.45) is 13.5. The highest BCUT2D eigenvalue weighted by molar-refractivity contribution is 7.30. The number of benzene rings is 1. The van der Waals surface area contributed by atoms with E-state index in [1.807, 2.05) is 0 Å². The maximum Gasteiger partial charge on any atom is 0.314 e. The highest BCUT2D eigenvalue weighted by Crippen LogP contribution is 2.16. The van der Waals surface area contributed by atoms with Crippen molar-refractivity contribution in [2.45, 2.75) is 78.1 Å². The van der Waals surface area contributed by atoms with Gasteiger partial charge in [0.05, 0.1) is 0 Å². The Labute approximate surface area is 136 Å². The highest BCUT2D eigenvalue weighted by Gasteiger charge is 2.01. The lowest BCUT2D eigenvalue weighted by Gasteiger charge is -2.09. The third-order valence-corrected chi connectivity index (χ3v) is 3.72. The van der Waals surface area contributed by atoms with E-state index in [4.69, 9.17) is 14.4 Å². The van der Waals surface area contributed by atoms with Crippen molar-refractivity contribution in [1.82, 2.24) is 0 Å². The lowest BCUT2D eigenvalue weighted by atomic mass is 9.97. The fraction of sp³-hybridized carbons (Fsp3) is 0.667. The Hall–Kier alpha value is -0.630. The fourth-order valence-electron chi connectivity index (χ4n) is 2.53. The summed E-state index contributed by atoms with van der Waals surface area (Å²) in [6, 6.07) is 9.07. The Morgan fingerprint density at radius 2 is 1.14 bits per heavy atom. The second-order valence-electron chi connectivity index (χ2n) is 5.67. The van der Waals surface area contributed by atoms with Crippen LogP contribution < -0.4 is 0 Å². The largest absolute Gasteiger partial charge is 0.326 e. The molecule has 1 aromatic carbocycles. The molecule has 0 atom stereocenters. The molecule has 0 aliphatic heterocycles. The molecule has 1 aromatic rings. The van der Waals surface area contributed by atoms with E-state index in [-0.39, 0.29) is 0 Å². The van der Waals surface area contributed by atoms with Gasteiger partial charge in [0.25, 0.3) is 0 Å². The zero-order valence-electron chi connectivity index (χ0n) is 14.2. The van der Waals surface area contributed by atoms with E-state index >= 15 is 0 Å². The highest BCUT2D eigenvalue weighted by atomic mass is 31.1. The maximum absolute atomic E-state index is 8.74. The zero-order chi connectivity index (χ0) is 16.6. The molecule has 0 bridgehead atoms. The van der Waals surface area contributed by atoms with Gasteiger partial charge in [-0.15, -0.1) is 0 Å². The predicted octanol–water partition coefficient (Wildman–Crippen LogP) is 5.29. The van der Waals surface area contributed by atoms with Crippen molar-refractivity contribution < 1.29 is 14.4 Å². The van der Waals surface area contributed by atoms with Crippen molar-refractivity contribution in [1.29, 1.82) is 0 Å². The SMILES string of the molecule is CCCCCCc1ccccc1CCCCCC.O=[PH](O)O. The van der Waals surface area contributed by atoms with Gasteiger partial charge in [0, 0.05) is 0 Å². The summed E-state index contributed by atoms with van der Waals surface area (Å²) >= 11 is 0. The number of aryl methyl sites for hydroxylation is 2. The van der Waals surface area contributed by atoms with Gasteiger partial charge in [0.15, 0.2) is 0 Å². The molecule has 128 valence electrons. The second kappa shape index (κ2) is 15.3. The van der Waals surface area contributed by atoms with E-state index < -0.39 is 8.25 Å². The van der Waals surface area contributed by atoms with Crippen LogP contribution in [-0.4, -0.2) is 9.79 Å². The van der Waals surface area contributed by atoms with Crippen LogP contribution in [0.4, 0.5) is 0 Å². The summed E-state index contributed by atoms with van der Waals surface area (Å²) < 4.78 is 8.74. The van der Waals surface area contributed by atoms with Crippen LogP contribution in [0.3, 0.4) is 0 Å². The lowest BCUT2D eigenvalue weighted by molar-refractivity contribution is 0.405. The van der Waals surface area contributed by atoms with Crippen LogP contribution in [0.15, 0.2) is 24.3 Å². The number of hydrogen-bond donors (Lipinski definition) is 2. The zero-order valence-corrected chi connectivity index (χ0v) is 15.2. The first-order valence-electron chi connectivity index (χ1n) is 8.60. The van der Waals surface area contributed by atoms with E-state index in [2.05, 4.69) is 38.1 Å². The monoisotopic (exact) mass is 328 g/mol. The van der Waals surface area contributed by atoms with Crippen LogP contribution in [0.25, 0.3) is 0 Å². The molecular formula is C18H33O3P. The normalized spacial score (nSPS) is 10.4. The number of hydrogen-bond acceptors (Lipinski definition) is 1. The molecule has 4 heteroatoms. The number of unbranched alkanes of at least 4 members (excludes halogenated alkanes) is 6. The molecule has 0 saturated heterocycles. The quantitative estimate of drug-likeness (QED) is 0.453. The van der Waals surface area contributed by atoms with Crippen LogP contribution in [-0.2, 0) is 17.4 Å². The molecule has 22 heavy (non-hydrogen) atoms. The molecule has 1 rings (SSSR count). The van der Waals surface area contributed by atoms with Gasteiger partial charge in [0.2, 0.25) is 0 Å². The van der Waals surface area contributed by atoms with Crippen molar-refractivity contribution in [3.63, 3.8) is 0 Å². The summed E-state index contributed by atoms with van der Waals surface area (Å²) in [4.78, 5) is 14.3. The van der Waals surface area contributed by atoms with Gasteiger partial charge >= 0.3 is 8.25 Å². The van der Waals surface area contributed by atoms with E-state index in [1.165, 1.54) is 64.2 Å².